The Morgan fingerprint density at radius 2 is 1.69 bits per heavy atom. The first-order valence-electron chi connectivity index (χ1n) is 11.7. The van der Waals surface area contributed by atoms with Gasteiger partial charge in [0.05, 0.1) is 5.69 Å². The molecule has 192 valence electrons. The molecule has 0 bridgehead atoms. The minimum absolute atomic E-state index is 0.0517. The number of ether oxygens (including phenoxy) is 1. The second-order valence-electron chi connectivity index (χ2n) is 10.1. The summed E-state index contributed by atoms with van der Waals surface area (Å²) in [5.74, 6) is -0.0517. The summed E-state index contributed by atoms with van der Waals surface area (Å²) >= 11 is 1.42. The van der Waals surface area contributed by atoms with E-state index in [1.54, 1.807) is 43.2 Å². The molecule has 1 aromatic heterocycles. The minimum atomic E-state index is -0.602. The average molecular weight is 503 g/mol. The van der Waals surface area contributed by atoms with E-state index in [1.807, 2.05) is 50.4 Å². The summed E-state index contributed by atoms with van der Waals surface area (Å²) in [6.07, 6.45) is -0.381. The molecule has 0 saturated carbocycles. The molecule has 1 heterocycles. The molecule has 3 amide bonds. The SMILES string of the molecule is CC(C)NC(=O)N(CCN(C)C)Cc1ccc(C(=O)Cc2cscc2NC(=O)OC(C)(C)C)cc1. The summed E-state index contributed by atoms with van der Waals surface area (Å²) in [6, 6.07) is 7.28. The summed E-state index contributed by atoms with van der Waals surface area (Å²) in [4.78, 5) is 41.4. The van der Waals surface area contributed by atoms with E-state index in [1.165, 1.54) is 11.3 Å². The Labute approximate surface area is 212 Å². The van der Waals surface area contributed by atoms with Crippen molar-refractivity contribution in [3.05, 3.63) is 51.7 Å². The highest BCUT2D eigenvalue weighted by molar-refractivity contribution is 7.08. The van der Waals surface area contributed by atoms with Crippen LogP contribution in [-0.4, -0.2) is 66.5 Å². The van der Waals surface area contributed by atoms with Gasteiger partial charge in [0, 0.05) is 43.0 Å². The first-order valence-corrected chi connectivity index (χ1v) is 12.7. The second-order valence-corrected chi connectivity index (χ2v) is 10.8. The molecule has 2 rings (SSSR count). The number of hydrogen-bond acceptors (Lipinski definition) is 6. The fourth-order valence-electron chi connectivity index (χ4n) is 3.19. The topological polar surface area (TPSA) is 91.0 Å². The van der Waals surface area contributed by atoms with Crippen LogP contribution in [0.5, 0.6) is 0 Å². The van der Waals surface area contributed by atoms with Gasteiger partial charge in [-0.15, -0.1) is 11.3 Å². The third kappa shape index (κ3) is 10.1. The molecule has 9 heteroatoms. The van der Waals surface area contributed by atoms with Gasteiger partial charge in [0.15, 0.2) is 5.78 Å². The van der Waals surface area contributed by atoms with Gasteiger partial charge in [0.25, 0.3) is 0 Å². The number of likely N-dealkylation sites (N-methyl/N-ethyl adjacent to an activating group) is 1. The Morgan fingerprint density at radius 3 is 2.26 bits per heavy atom. The van der Waals surface area contributed by atoms with Crippen LogP contribution in [0.2, 0.25) is 0 Å². The zero-order chi connectivity index (χ0) is 26.2. The van der Waals surface area contributed by atoms with Crippen molar-refractivity contribution in [3.63, 3.8) is 0 Å². The highest BCUT2D eigenvalue weighted by atomic mass is 32.1. The molecular formula is C26H38N4O4S. The molecule has 0 fully saturated rings. The summed E-state index contributed by atoms with van der Waals surface area (Å²) in [7, 11) is 3.95. The average Bonchev–Trinajstić information content (AvgIpc) is 3.15. The molecule has 0 saturated heterocycles. The van der Waals surface area contributed by atoms with E-state index in [0.717, 1.165) is 17.7 Å². The Kier molecular flexibility index (Phi) is 10.3. The number of ketones is 1. The Hall–Kier alpha value is -2.91. The molecule has 35 heavy (non-hydrogen) atoms. The molecule has 0 radical (unpaired) electrons. The van der Waals surface area contributed by atoms with Gasteiger partial charge in [-0.05, 0) is 65.2 Å². The van der Waals surface area contributed by atoms with E-state index in [4.69, 9.17) is 4.74 Å². The third-order valence-corrected chi connectivity index (χ3v) is 5.69. The molecular weight excluding hydrogens is 464 g/mol. The Bertz CT molecular complexity index is 994. The van der Waals surface area contributed by atoms with Crippen molar-refractivity contribution in [1.29, 1.82) is 0 Å². The maximum absolute atomic E-state index is 12.9. The number of anilines is 1. The van der Waals surface area contributed by atoms with Gasteiger partial charge in [-0.25, -0.2) is 9.59 Å². The van der Waals surface area contributed by atoms with Crippen LogP contribution < -0.4 is 10.6 Å². The molecule has 0 aliphatic heterocycles. The summed E-state index contributed by atoms with van der Waals surface area (Å²) in [5, 5.41) is 9.33. The van der Waals surface area contributed by atoms with Crippen LogP contribution in [0.25, 0.3) is 0 Å². The van der Waals surface area contributed by atoms with Crippen LogP contribution >= 0.6 is 11.3 Å². The normalized spacial score (nSPS) is 11.5. The largest absolute Gasteiger partial charge is 0.444 e. The van der Waals surface area contributed by atoms with Crippen molar-refractivity contribution in [2.24, 2.45) is 0 Å². The smallest absolute Gasteiger partial charge is 0.412 e. The number of rotatable bonds is 10. The quantitative estimate of drug-likeness (QED) is 0.446. The van der Waals surface area contributed by atoms with Gasteiger partial charge in [-0.2, -0.15) is 0 Å². The van der Waals surface area contributed by atoms with Gasteiger partial charge >= 0.3 is 12.1 Å². The zero-order valence-corrected chi connectivity index (χ0v) is 22.6. The standard InChI is InChI=1S/C26H38N4O4S/c1-18(2)27-24(32)30(13-12-29(6)7)15-19-8-10-20(11-9-19)23(31)14-21-16-35-17-22(21)28-25(33)34-26(3,4)5/h8-11,16-18H,12-15H2,1-7H3,(H,27,32)(H,28,33). The molecule has 2 N–H and O–H groups in total. The molecule has 0 spiro atoms. The molecule has 8 nitrogen and oxygen atoms in total. The molecule has 1 aromatic carbocycles. The van der Waals surface area contributed by atoms with Crippen molar-refractivity contribution in [2.45, 2.75) is 59.2 Å². The summed E-state index contributed by atoms with van der Waals surface area (Å²) in [6.45, 7) is 11.1. The van der Waals surface area contributed by atoms with Gasteiger partial charge in [-0.1, -0.05) is 24.3 Å². The number of urea groups is 1. The van der Waals surface area contributed by atoms with Crippen LogP contribution in [-0.2, 0) is 17.7 Å². The number of amides is 3. The lowest BCUT2D eigenvalue weighted by Gasteiger charge is -2.26. The Morgan fingerprint density at radius 1 is 1.03 bits per heavy atom. The lowest BCUT2D eigenvalue weighted by Crippen LogP contribution is -2.45. The van der Waals surface area contributed by atoms with E-state index in [9.17, 15) is 14.4 Å². The number of Topliss-reactive ketones (excluding diaryl/α,β-unsaturated/α-hetero) is 1. The first kappa shape index (κ1) is 28.3. The maximum atomic E-state index is 12.9. The van der Waals surface area contributed by atoms with Crippen molar-refractivity contribution < 1.29 is 19.1 Å². The molecule has 0 aliphatic rings. The number of carbonyl (C=O) groups excluding carboxylic acids is 3. The number of thiophene rings is 1. The van der Waals surface area contributed by atoms with E-state index >= 15 is 0 Å². The fraction of sp³-hybridized carbons (Fsp3) is 0.500. The predicted molar refractivity (Wildman–Crippen MR) is 141 cm³/mol. The Balaban J connectivity index is 2.03. The number of hydrogen-bond donors (Lipinski definition) is 2. The van der Waals surface area contributed by atoms with E-state index in [0.29, 0.717) is 24.3 Å². The lowest BCUT2D eigenvalue weighted by atomic mass is 10.0. The monoisotopic (exact) mass is 502 g/mol. The van der Waals surface area contributed by atoms with Crippen molar-refractivity contribution in [2.75, 3.05) is 32.5 Å². The number of benzene rings is 1. The number of nitrogens with zero attached hydrogens (tertiary/aromatic N) is 2. The van der Waals surface area contributed by atoms with Crippen LogP contribution in [0.15, 0.2) is 35.0 Å². The molecule has 2 aromatic rings. The summed E-state index contributed by atoms with van der Waals surface area (Å²) in [5.41, 5.74) is 2.25. The van der Waals surface area contributed by atoms with Crippen molar-refractivity contribution >= 4 is 34.9 Å². The van der Waals surface area contributed by atoms with E-state index in [-0.39, 0.29) is 24.3 Å². The van der Waals surface area contributed by atoms with Crippen LogP contribution in [0.3, 0.4) is 0 Å². The maximum Gasteiger partial charge on any atom is 0.412 e. The van der Waals surface area contributed by atoms with Crippen LogP contribution in [0.4, 0.5) is 15.3 Å². The van der Waals surface area contributed by atoms with Gasteiger partial charge in [0.1, 0.15) is 5.60 Å². The zero-order valence-electron chi connectivity index (χ0n) is 21.8. The van der Waals surface area contributed by atoms with Crippen molar-refractivity contribution in [3.8, 4) is 0 Å². The van der Waals surface area contributed by atoms with Crippen LogP contribution in [0, 0.1) is 0 Å². The predicted octanol–water partition coefficient (Wildman–Crippen LogP) is 5.00. The third-order valence-electron chi connectivity index (χ3n) is 4.89. The second kappa shape index (κ2) is 12.7. The van der Waals surface area contributed by atoms with Crippen LogP contribution in [0.1, 0.15) is 56.1 Å². The highest BCUT2D eigenvalue weighted by Crippen LogP contribution is 2.24. The first-order chi connectivity index (χ1) is 16.3. The van der Waals surface area contributed by atoms with Gasteiger partial charge in [0.2, 0.25) is 0 Å². The number of nitrogens with one attached hydrogen (secondary N) is 2. The number of carbonyl (C=O) groups is 3. The summed E-state index contributed by atoms with van der Waals surface area (Å²) < 4.78 is 5.30. The van der Waals surface area contributed by atoms with Crippen molar-refractivity contribution in [1.82, 2.24) is 15.1 Å². The molecule has 0 atom stereocenters. The van der Waals surface area contributed by atoms with E-state index < -0.39 is 11.7 Å². The molecule has 0 aliphatic carbocycles. The minimum Gasteiger partial charge on any atom is -0.444 e. The van der Waals surface area contributed by atoms with E-state index in [2.05, 4.69) is 10.6 Å². The fourth-order valence-corrected chi connectivity index (χ4v) is 3.98. The van der Waals surface area contributed by atoms with Gasteiger partial charge < -0.3 is 19.9 Å². The van der Waals surface area contributed by atoms with Gasteiger partial charge in [-0.3, -0.25) is 10.1 Å². The highest BCUT2D eigenvalue weighted by Gasteiger charge is 2.19. The lowest BCUT2D eigenvalue weighted by molar-refractivity contribution is 0.0635. The molecule has 0 unspecified atom stereocenters.